The van der Waals surface area contributed by atoms with E-state index in [2.05, 4.69) is 27.9 Å². The Morgan fingerprint density at radius 3 is 2.64 bits per heavy atom. The summed E-state index contributed by atoms with van der Waals surface area (Å²) >= 11 is 3.44. The quantitative estimate of drug-likeness (QED) is 0.491. The topological polar surface area (TPSA) is 3.24 Å². The zero-order valence-corrected chi connectivity index (χ0v) is 8.94. The van der Waals surface area contributed by atoms with E-state index in [0.717, 1.165) is 11.2 Å². The molecular weight excluding hydrogens is 202 g/mol. The molecule has 0 aromatic heterocycles. The van der Waals surface area contributed by atoms with Crippen molar-refractivity contribution in [2.24, 2.45) is 5.92 Å². The van der Waals surface area contributed by atoms with Crippen molar-refractivity contribution in [3.05, 3.63) is 0 Å². The highest BCUT2D eigenvalue weighted by Gasteiger charge is 2.22. The molecule has 0 aromatic carbocycles. The third kappa shape index (κ3) is 4.81. The number of rotatable bonds is 6. The standard InChI is InChI=1S/C9H18BrN/c1-11(7-3-2-6-10)8-9-4-5-9/h9H,2-8H2,1H3. The van der Waals surface area contributed by atoms with Crippen LogP contribution in [-0.2, 0) is 0 Å². The smallest absolute Gasteiger partial charge is 0.00317 e. The fourth-order valence-electron chi connectivity index (χ4n) is 1.31. The molecule has 1 rings (SSSR count). The van der Waals surface area contributed by atoms with Gasteiger partial charge >= 0.3 is 0 Å². The molecule has 0 bridgehead atoms. The maximum absolute atomic E-state index is 3.44. The van der Waals surface area contributed by atoms with E-state index in [0.29, 0.717) is 0 Å². The Kier molecular flexibility index (Phi) is 4.46. The van der Waals surface area contributed by atoms with Crippen molar-refractivity contribution < 1.29 is 0 Å². The third-order valence-corrected chi connectivity index (χ3v) is 2.75. The van der Waals surface area contributed by atoms with Crippen molar-refractivity contribution in [2.75, 3.05) is 25.5 Å². The Morgan fingerprint density at radius 1 is 1.36 bits per heavy atom. The highest BCUT2D eigenvalue weighted by atomic mass is 79.9. The van der Waals surface area contributed by atoms with Gasteiger partial charge in [0.1, 0.15) is 0 Å². The molecule has 0 radical (unpaired) electrons. The van der Waals surface area contributed by atoms with E-state index < -0.39 is 0 Å². The Labute approximate surface area is 78.3 Å². The molecule has 1 aliphatic carbocycles. The molecule has 1 aliphatic rings. The van der Waals surface area contributed by atoms with E-state index in [1.807, 2.05) is 0 Å². The summed E-state index contributed by atoms with van der Waals surface area (Å²) in [5, 5.41) is 1.16. The second-order valence-electron chi connectivity index (χ2n) is 3.60. The predicted octanol–water partition coefficient (Wildman–Crippen LogP) is 2.50. The van der Waals surface area contributed by atoms with Crippen LogP contribution in [0.4, 0.5) is 0 Å². The van der Waals surface area contributed by atoms with E-state index in [4.69, 9.17) is 0 Å². The molecule has 0 saturated heterocycles. The lowest BCUT2D eigenvalue weighted by Gasteiger charge is -2.15. The van der Waals surface area contributed by atoms with Crippen LogP contribution in [0.15, 0.2) is 0 Å². The number of hydrogen-bond donors (Lipinski definition) is 0. The molecule has 11 heavy (non-hydrogen) atoms. The number of nitrogens with zero attached hydrogens (tertiary/aromatic N) is 1. The largest absolute Gasteiger partial charge is 0.306 e. The molecule has 1 fully saturated rings. The van der Waals surface area contributed by atoms with Crippen molar-refractivity contribution in [1.29, 1.82) is 0 Å². The number of unbranched alkanes of at least 4 members (excludes halogenated alkanes) is 1. The van der Waals surface area contributed by atoms with Gasteiger partial charge in [0.05, 0.1) is 0 Å². The van der Waals surface area contributed by atoms with E-state index in [1.54, 1.807) is 0 Å². The van der Waals surface area contributed by atoms with Crippen LogP contribution in [0, 0.1) is 5.92 Å². The van der Waals surface area contributed by atoms with E-state index >= 15 is 0 Å². The molecule has 2 heteroatoms. The predicted molar refractivity (Wildman–Crippen MR) is 53.2 cm³/mol. The van der Waals surface area contributed by atoms with Crippen molar-refractivity contribution in [3.8, 4) is 0 Å². The van der Waals surface area contributed by atoms with Crippen LogP contribution >= 0.6 is 15.9 Å². The normalized spacial score (nSPS) is 17.7. The van der Waals surface area contributed by atoms with Gasteiger partial charge in [0.25, 0.3) is 0 Å². The lowest BCUT2D eigenvalue weighted by atomic mass is 10.3. The van der Waals surface area contributed by atoms with Crippen LogP contribution < -0.4 is 0 Å². The SMILES string of the molecule is CN(CCCCBr)CC1CC1. The van der Waals surface area contributed by atoms with Crippen LogP contribution in [0.2, 0.25) is 0 Å². The summed E-state index contributed by atoms with van der Waals surface area (Å²) < 4.78 is 0. The zero-order valence-electron chi connectivity index (χ0n) is 7.35. The summed E-state index contributed by atoms with van der Waals surface area (Å²) in [6.45, 7) is 2.62. The number of alkyl halides is 1. The Balaban J connectivity index is 1.87. The summed E-state index contributed by atoms with van der Waals surface area (Å²) in [5.74, 6) is 1.05. The van der Waals surface area contributed by atoms with Crippen LogP contribution in [0.5, 0.6) is 0 Å². The molecule has 0 aliphatic heterocycles. The lowest BCUT2D eigenvalue weighted by molar-refractivity contribution is 0.315. The molecule has 0 spiro atoms. The van der Waals surface area contributed by atoms with Gasteiger partial charge in [0.2, 0.25) is 0 Å². The van der Waals surface area contributed by atoms with Gasteiger partial charge in [-0.15, -0.1) is 0 Å². The Hall–Kier alpha value is 0.440. The maximum Gasteiger partial charge on any atom is 0.00317 e. The molecule has 1 nitrogen and oxygen atoms in total. The van der Waals surface area contributed by atoms with Gasteiger partial charge in [0.15, 0.2) is 0 Å². The molecule has 0 N–H and O–H groups in total. The number of halogens is 1. The average molecular weight is 220 g/mol. The van der Waals surface area contributed by atoms with Gasteiger partial charge < -0.3 is 4.90 Å². The summed E-state index contributed by atoms with van der Waals surface area (Å²) in [6.07, 6.45) is 5.61. The summed E-state index contributed by atoms with van der Waals surface area (Å²) in [5.41, 5.74) is 0. The fourth-order valence-corrected chi connectivity index (χ4v) is 1.71. The Bertz CT molecular complexity index is 102. The van der Waals surface area contributed by atoms with Crippen molar-refractivity contribution in [1.82, 2.24) is 4.90 Å². The summed E-state index contributed by atoms with van der Waals surface area (Å²) in [7, 11) is 2.24. The Morgan fingerprint density at radius 2 is 2.09 bits per heavy atom. The first kappa shape index (κ1) is 9.53. The van der Waals surface area contributed by atoms with E-state index in [-0.39, 0.29) is 0 Å². The first-order valence-electron chi connectivity index (χ1n) is 4.57. The van der Waals surface area contributed by atoms with Gasteiger partial charge in [-0.3, -0.25) is 0 Å². The van der Waals surface area contributed by atoms with Gasteiger partial charge in [0, 0.05) is 11.9 Å². The highest BCUT2D eigenvalue weighted by Crippen LogP contribution is 2.29. The first-order chi connectivity index (χ1) is 5.33. The van der Waals surface area contributed by atoms with Crippen LogP contribution in [0.3, 0.4) is 0 Å². The average Bonchev–Trinajstić information content (AvgIpc) is 2.72. The molecule has 0 amide bonds. The second kappa shape index (κ2) is 5.15. The molecule has 0 unspecified atom stereocenters. The minimum absolute atomic E-state index is 1.05. The maximum atomic E-state index is 3.44. The van der Waals surface area contributed by atoms with Gasteiger partial charge in [-0.25, -0.2) is 0 Å². The van der Waals surface area contributed by atoms with Crippen LogP contribution in [-0.4, -0.2) is 30.4 Å². The van der Waals surface area contributed by atoms with Crippen molar-refractivity contribution in [2.45, 2.75) is 25.7 Å². The molecule has 1 saturated carbocycles. The van der Waals surface area contributed by atoms with Crippen LogP contribution in [0.1, 0.15) is 25.7 Å². The van der Waals surface area contributed by atoms with Crippen LogP contribution in [0.25, 0.3) is 0 Å². The van der Waals surface area contributed by atoms with E-state index in [9.17, 15) is 0 Å². The molecule has 0 heterocycles. The van der Waals surface area contributed by atoms with Gasteiger partial charge in [-0.05, 0) is 45.2 Å². The monoisotopic (exact) mass is 219 g/mol. The summed E-state index contributed by atoms with van der Waals surface area (Å²) in [6, 6.07) is 0. The van der Waals surface area contributed by atoms with Crippen molar-refractivity contribution in [3.63, 3.8) is 0 Å². The lowest BCUT2D eigenvalue weighted by Crippen LogP contribution is -2.22. The zero-order chi connectivity index (χ0) is 8.10. The molecule has 66 valence electrons. The third-order valence-electron chi connectivity index (χ3n) is 2.19. The molecule has 0 atom stereocenters. The van der Waals surface area contributed by atoms with Gasteiger partial charge in [-0.1, -0.05) is 15.9 Å². The fraction of sp³-hybridized carbons (Fsp3) is 1.00. The molecular formula is C9H18BrN. The molecule has 0 aromatic rings. The summed E-state index contributed by atoms with van der Waals surface area (Å²) in [4.78, 5) is 2.47. The number of hydrogen-bond acceptors (Lipinski definition) is 1. The first-order valence-corrected chi connectivity index (χ1v) is 5.69. The minimum Gasteiger partial charge on any atom is -0.306 e. The minimum atomic E-state index is 1.05. The van der Waals surface area contributed by atoms with E-state index in [1.165, 1.54) is 38.8 Å². The van der Waals surface area contributed by atoms with Crippen molar-refractivity contribution >= 4 is 15.9 Å². The highest BCUT2D eigenvalue weighted by molar-refractivity contribution is 9.09. The second-order valence-corrected chi connectivity index (χ2v) is 4.39. The van der Waals surface area contributed by atoms with Gasteiger partial charge in [-0.2, -0.15) is 0 Å².